The number of carbonyl (C=O) groups is 2. The number of benzene rings is 1. The molecule has 25 heavy (non-hydrogen) atoms. The van der Waals surface area contributed by atoms with Crippen molar-refractivity contribution in [2.75, 3.05) is 26.8 Å². The van der Waals surface area contributed by atoms with Crippen molar-refractivity contribution in [1.82, 2.24) is 10.2 Å². The van der Waals surface area contributed by atoms with Gasteiger partial charge in [-0.25, -0.2) is 0 Å². The minimum Gasteiger partial charge on any atom is -0.396 e. The highest BCUT2D eigenvalue weighted by Crippen LogP contribution is 2.40. The summed E-state index contributed by atoms with van der Waals surface area (Å²) in [6.45, 7) is 2.40. The fourth-order valence-corrected chi connectivity index (χ4v) is 3.66. The zero-order chi connectivity index (χ0) is 18.0. The molecule has 0 unspecified atom stereocenters. The third-order valence-corrected chi connectivity index (χ3v) is 5.64. The molecule has 1 saturated carbocycles. The minimum atomic E-state index is -0.750. The van der Waals surface area contributed by atoms with E-state index in [1.807, 2.05) is 31.2 Å². The Kier molecular flexibility index (Phi) is 5.11. The first-order chi connectivity index (χ1) is 12.0. The van der Waals surface area contributed by atoms with E-state index in [0.29, 0.717) is 6.54 Å². The molecular weight excluding hydrogens is 320 g/mol. The van der Waals surface area contributed by atoms with Crippen LogP contribution in [0.25, 0.3) is 0 Å². The maximum Gasteiger partial charge on any atom is 0.251 e. The van der Waals surface area contributed by atoms with E-state index in [1.54, 1.807) is 11.9 Å². The van der Waals surface area contributed by atoms with Gasteiger partial charge in [0, 0.05) is 19.0 Å². The first-order valence-corrected chi connectivity index (χ1v) is 8.79. The molecule has 1 aliphatic carbocycles. The highest BCUT2D eigenvalue weighted by atomic mass is 16.5. The highest BCUT2D eigenvalue weighted by molar-refractivity contribution is 5.86. The average Bonchev–Trinajstić information content (AvgIpc) is 2.57. The van der Waals surface area contributed by atoms with Crippen LogP contribution in [0.5, 0.6) is 0 Å². The molecule has 136 valence electrons. The maximum atomic E-state index is 12.8. The lowest BCUT2D eigenvalue weighted by molar-refractivity contribution is -0.162. The Balaban J connectivity index is 1.78. The molecule has 0 radical (unpaired) electrons. The van der Waals surface area contributed by atoms with Crippen LogP contribution in [0, 0.1) is 12.3 Å². The van der Waals surface area contributed by atoms with Crippen molar-refractivity contribution in [3.63, 3.8) is 0 Å². The van der Waals surface area contributed by atoms with Crippen LogP contribution in [0.1, 0.15) is 36.4 Å². The first-order valence-electron chi connectivity index (χ1n) is 8.79. The van der Waals surface area contributed by atoms with E-state index >= 15 is 0 Å². The Morgan fingerprint density at radius 2 is 2.12 bits per heavy atom. The summed E-state index contributed by atoms with van der Waals surface area (Å²) in [5.41, 5.74) is 1.74. The molecule has 2 amide bonds. The van der Waals surface area contributed by atoms with Crippen molar-refractivity contribution in [3.05, 3.63) is 35.4 Å². The standard InChI is InChI=1S/C19H26N2O4/c1-13-6-3-4-7-14(13)16-17(25-10-15(23)21(16)2)18(24)20-11-19(12-22)8-5-9-19/h3-4,6-7,16-17,22H,5,8-12H2,1-2H3,(H,20,24)/t16-,17+/m1/s1. The Bertz CT molecular complexity index is 651. The Labute approximate surface area is 148 Å². The maximum absolute atomic E-state index is 12.8. The summed E-state index contributed by atoms with van der Waals surface area (Å²) in [6, 6.07) is 7.28. The molecule has 0 aromatic heterocycles. The summed E-state index contributed by atoms with van der Waals surface area (Å²) in [4.78, 5) is 26.5. The SMILES string of the molecule is Cc1ccccc1[C@@H]1[C@@H](C(=O)NCC2(CO)CCC2)OCC(=O)N1C. The topological polar surface area (TPSA) is 78.9 Å². The third kappa shape index (κ3) is 3.41. The van der Waals surface area contributed by atoms with E-state index in [2.05, 4.69) is 5.32 Å². The number of hydrogen-bond acceptors (Lipinski definition) is 4. The zero-order valence-electron chi connectivity index (χ0n) is 14.8. The lowest BCUT2D eigenvalue weighted by Crippen LogP contribution is -2.55. The number of hydrogen-bond donors (Lipinski definition) is 2. The van der Waals surface area contributed by atoms with Gasteiger partial charge in [0.15, 0.2) is 6.10 Å². The van der Waals surface area contributed by atoms with E-state index in [1.165, 1.54) is 0 Å². The lowest BCUT2D eigenvalue weighted by Gasteiger charge is -2.42. The lowest BCUT2D eigenvalue weighted by atomic mass is 9.69. The van der Waals surface area contributed by atoms with Crippen molar-refractivity contribution < 1.29 is 19.4 Å². The van der Waals surface area contributed by atoms with Crippen LogP contribution < -0.4 is 5.32 Å². The van der Waals surface area contributed by atoms with Crippen molar-refractivity contribution in [2.45, 2.75) is 38.3 Å². The van der Waals surface area contributed by atoms with Gasteiger partial charge in [-0.2, -0.15) is 0 Å². The molecule has 6 nitrogen and oxygen atoms in total. The fraction of sp³-hybridized carbons (Fsp3) is 0.579. The van der Waals surface area contributed by atoms with Crippen molar-refractivity contribution >= 4 is 11.8 Å². The summed E-state index contributed by atoms with van der Waals surface area (Å²) in [6.07, 6.45) is 2.18. The third-order valence-electron chi connectivity index (χ3n) is 5.64. The monoisotopic (exact) mass is 346 g/mol. The molecule has 0 bridgehead atoms. The predicted octanol–water partition coefficient (Wildman–Crippen LogP) is 1.17. The summed E-state index contributed by atoms with van der Waals surface area (Å²) < 4.78 is 5.63. The van der Waals surface area contributed by atoms with Gasteiger partial charge in [0.1, 0.15) is 6.61 Å². The Morgan fingerprint density at radius 3 is 2.72 bits per heavy atom. The molecule has 1 aliphatic heterocycles. The average molecular weight is 346 g/mol. The number of nitrogens with zero attached hydrogens (tertiary/aromatic N) is 1. The Morgan fingerprint density at radius 1 is 1.40 bits per heavy atom. The molecule has 0 spiro atoms. The van der Waals surface area contributed by atoms with E-state index in [4.69, 9.17) is 4.74 Å². The van der Waals surface area contributed by atoms with Gasteiger partial charge >= 0.3 is 0 Å². The molecule has 2 atom stereocenters. The number of ether oxygens (including phenoxy) is 1. The zero-order valence-corrected chi connectivity index (χ0v) is 14.8. The van der Waals surface area contributed by atoms with Gasteiger partial charge in [-0.3, -0.25) is 9.59 Å². The molecule has 1 heterocycles. The number of aliphatic hydroxyl groups excluding tert-OH is 1. The molecular formula is C19H26N2O4. The number of likely N-dealkylation sites (N-methyl/N-ethyl adjacent to an activating group) is 1. The number of amides is 2. The van der Waals surface area contributed by atoms with Crippen LogP contribution >= 0.6 is 0 Å². The number of nitrogens with one attached hydrogen (secondary N) is 1. The van der Waals surface area contributed by atoms with Crippen LogP contribution in [0.15, 0.2) is 24.3 Å². The molecule has 1 aromatic carbocycles. The fourth-order valence-electron chi connectivity index (χ4n) is 3.66. The van der Waals surface area contributed by atoms with Gasteiger partial charge in [-0.1, -0.05) is 30.7 Å². The molecule has 1 aromatic rings. The largest absolute Gasteiger partial charge is 0.396 e. The number of morpholine rings is 1. The normalized spacial score (nSPS) is 25.4. The van der Waals surface area contributed by atoms with Crippen LogP contribution in [0.4, 0.5) is 0 Å². The molecule has 2 aliphatic rings. The van der Waals surface area contributed by atoms with Gasteiger partial charge in [0.25, 0.3) is 5.91 Å². The summed E-state index contributed by atoms with van der Waals surface area (Å²) >= 11 is 0. The van der Waals surface area contributed by atoms with Gasteiger partial charge < -0.3 is 20.1 Å². The van der Waals surface area contributed by atoms with Crippen LogP contribution in [-0.4, -0.2) is 54.7 Å². The van der Waals surface area contributed by atoms with E-state index in [0.717, 1.165) is 30.4 Å². The quantitative estimate of drug-likeness (QED) is 0.839. The number of aliphatic hydroxyl groups is 1. The van der Waals surface area contributed by atoms with Crippen LogP contribution in [-0.2, 0) is 14.3 Å². The minimum absolute atomic E-state index is 0.0818. The second-order valence-corrected chi connectivity index (χ2v) is 7.27. The summed E-state index contributed by atoms with van der Waals surface area (Å²) in [5.74, 6) is -0.365. The number of rotatable bonds is 5. The molecule has 3 rings (SSSR count). The van der Waals surface area contributed by atoms with Crippen LogP contribution in [0.2, 0.25) is 0 Å². The molecule has 6 heteroatoms. The second kappa shape index (κ2) is 7.14. The molecule has 2 N–H and O–H groups in total. The van der Waals surface area contributed by atoms with Crippen LogP contribution in [0.3, 0.4) is 0 Å². The van der Waals surface area contributed by atoms with Gasteiger partial charge in [-0.05, 0) is 30.9 Å². The summed E-state index contributed by atoms with van der Waals surface area (Å²) in [7, 11) is 1.71. The van der Waals surface area contributed by atoms with Gasteiger partial charge in [-0.15, -0.1) is 0 Å². The van der Waals surface area contributed by atoms with E-state index in [-0.39, 0.29) is 30.4 Å². The second-order valence-electron chi connectivity index (χ2n) is 7.27. The van der Waals surface area contributed by atoms with Crippen molar-refractivity contribution in [2.24, 2.45) is 5.41 Å². The first kappa shape index (κ1) is 17.9. The van der Waals surface area contributed by atoms with E-state index in [9.17, 15) is 14.7 Å². The van der Waals surface area contributed by atoms with Crippen molar-refractivity contribution in [1.29, 1.82) is 0 Å². The smallest absolute Gasteiger partial charge is 0.251 e. The number of carbonyl (C=O) groups excluding carboxylic acids is 2. The molecule has 2 fully saturated rings. The number of aryl methyl sites for hydroxylation is 1. The van der Waals surface area contributed by atoms with Crippen molar-refractivity contribution in [3.8, 4) is 0 Å². The van der Waals surface area contributed by atoms with E-state index < -0.39 is 12.1 Å². The van der Waals surface area contributed by atoms with Gasteiger partial charge in [0.2, 0.25) is 5.91 Å². The Hall–Kier alpha value is -1.92. The molecule has 1 saturated heterocycles. The highest BCUT2D eigenvalue weighted by Gasteiger charge is 2.42. The summed E-state index contributed by atoms with van der Waals surface area (Å²) in [5, 5.41) is 12.5. The predicted molar refractivity (Wildman–Crippen MR) is 92.8 cm³/mol. The van der Waals surface area contributed by atoms with Gasteiger partial charge in [0.05, 0.1) is 12.6 Å².